The topological polar surface area (TPSA) is 64.4 Å². The molecule has 0 aromatic rings. The van der Waals surface area contributed by atoms with Gasteiger partial charge in [0, 0.05) is 12.0 Å². The van der Waals surface area contributed by atoms with Crippen molar-refractivity contribution in [3.63, 3.8) is 0 Å². The number of nitrogens with two attached hydrogens (primary N) is 1. The van der Waals surface area contributed by atoms with Crippen molar-refractivity contribution < 1.29 is 9.63 Å². The van der Waals surface area contributed by atoms with Crippen molar-refractivity contribution in [2.24, 2.45) is 23.0 Å². The molecule has 3 unspecified atom stereocenters. The molecule has 1 aliphatic carbocycles. The van der Waals surface area contributed by atoms with Crippen LogP contribution < -0.4 is 11.2 Å². The van der Waals surface area contributed by atoms with Gasteiger partial charge in [0.15, 0.2) is 0 Å². The van der Waals surface area contributed by atoms with Crippen LogP contribution in [-0.4, -0.2) is 17.6 Å². The van der Waals surface area contributed by atoms with Crippen LogP contribution in [0.2, 0.25) is 0 Å². The van der Waals surface area contributed by atoms with Gasteiger partial charge in [-0.2, -0.15) is 0 Å². The maximum absolute atomic E-state index is 12.2. The lowest BCUT2D eigenvalue weighted by Gasteiger charge is -2.46. The molecule has 0 spiro atoms. The average Bonchev–Trinajstić information content (AvgIpc) is 2.22. The molecule has 1 amide bonds. The van der Waals surface area contributed by atoms with E-state index in [0.717, 1.165) is 12.8 Å². The molecule has 106 valence electrons. The van der Waals surface area contributed by atoms with E-state index >= 15 is 0 Å². The van der Waals surface area contributed by atoms with E-state index in [4.69, 9.17) is 10.6 Å². The number of amides is 1. The highest BCUT2D eigenvalue weighted by Crippen LogP contribution is 2.44. The predicted molar refractivity (Wildman–Crippen MR) is 72.6 cm³/mol. The number of rotatable bonds is 2. The minimum Gasteiger partial charge on any atom is -0.327 e. The van der Waals surface area contributed by atoms with Gasteiger partial charge in [0.25, 0.3) is 0 Å². The number of nitrogens with one attached hydrogen (secondary N) is 1. The number of carbonyl (C=O) groups excluding carboxylic acids is 1. The highest BCUT2D eigenvalue weighted by molar-refractivity contribution is 5.78. The minimum atomic E-state index is -0.365. The third-order valence-corrected chi connectivity index (χ3v) is 4.28. The maximum atomic E-state index is 12.2. The molecule has 4 nitrogen and oxygen atoms in total. The molecule has 3 N–H and O–H groups in total. The fourth-order valence-electron chi connectivity index (χ4n) is 2.59. The van der Waals surface area contributed by atoms with E-state index < -0.39 is 0 Å². The van der Waals surface area contributed by atoms with Gasteiger partial charge < -0.3 is 5.73 Å². The molecule has 0 heterocycles. The lowest BCUT2D eigenvalue weighted by atomic mass is 9.61. The fourth-order valence-corrected chi connectivity index (χ4v) is 2.59. The normalized spacial score (nSPS) is 32.1. The standard InChI is InChI=1S/C14H28N2O2/c1-9-11(15)8-7-10(14(9,5)6)12(17)16-18-13(2,3)4/h9-11H,7-8,15H2,1-6H3,(H,16,17). The predicted octanol–water partition coefficient (Wildman–Crippen LogP) is 2.23. The fraction of sp³-hybridized carbons (Fsp3) is 0.929. The Balaban J connectivity index is 2.68. The summed E-state index contributed by atoms with van der Waals surface area (Å²) in [6.45, 7) is 12.1. The molecule has 0 radical (unpaired) electrons. The highest BCUT2D eigenvalue weighted by Gasteiger charge is 2.45. The number of carbonyl (C=O) groups is 1. The SMILES string of the molecule is CC1C(N)CCC(C(=O)NOC(C)(C)C)C1(C)C. The minimum absolute atomic E-state index is 0.0197. The first-order chi connectivity index (χ1) is 8.05. The Labute approximate surface area is 111 Å². The Kier molecular flexibility index (Phi) is 4.44. The summed E-state index contributed by atoms with van der Waals surface area (Å²) in [6, 6.07) is 0.188. The summed E-state index contributed by atoms with van der Waals surface area (Å²) < 4.78 is 0. The summed E-state index contributed by atoms with van der Waals surface area (Å²) in [4.78, 5) is 17.6. The van der Waals surface area contributed by atoms with Gasteiger partial charge in [0.2, 0.25) is 5.91 Å². The Bertz CT molecular complexity index is 307. The van der Waals surface area contributed by atoms with Crippen LogP contribution in [0.25, 0.3) is 0 Å². The zero-order chi connectivity index (χ0) is 14.1. The van der Waals surface area contributed by atoms with E-state index in [9.17, 15) is 4.79 Å². The van der Waals surface area contributed by atoms with Crippen LogP contribution >= 0.6 is 0 Å². The summed E-state index contributed by atoms with van der Waals surface area (Å²) in [5.41, 5.74) is 8.24. The van der Waals surface area contributed by atoms with Crippen molar-refractivity contribution in [3.8, 4) is 0 Å². The Morgan fingerprint density at radius 3 is 2.39 bits per heavy atom. The molecule has 1 aliphatic rings. The third-order valence-electron chi connectivity index (χ3n) is 4.28. The Hall–Kier alpha value is -0.610. The van der Waals surface area contributed by atoms with Crippen molar-refractivity contribution in [2.45, 2.75) is 66.0 Å². The first kappa shape index (κ1) is 15.4. The zero-order valence-electron chi connectivity index (χ0n) is 12.5. The van der Waals surface area contributed by atoms with Crippen molar-refractivity contribution >= 4 is 5.91 Å². The lowest BCUT2D eigenvalue weighted by Crippen LogP contribution is -2.52. The largest absolute Gasteiger partial charge is 0.327 e. The summed E-state index contributed by atoms with van der Waals surface area (Å²) in [5, 5.41) is 0. The molecule has 0 saturated heterocycles. The summed E-state index contributed by atoms with van der Waals surface area (Å²) >= 11 is 0. The van der Waals surface area contributed by atoms with Gasteiger partial charge in [-0.15, -0.1) is 0 Å². The molecular weight excluding hydrogens is 228 g/mol. The second-order valence-corrected chi connectivity index (χ2v) is 7.08. The molecule has 0 aromatic carbocycles. The van der Waals surface area contributed by atoms with Crippen LogP contribution in [0.5, 0.6) is 0 Å². The maximum Gasteiger partial charge on any atom is 0.247 e. The first-order valence-corrected chi connectivity index (χ1v) is 6.79. The monoisotopic (exact) mass is 256 g/mol. The van der Waals surface area contributed by atoms with Crippen molar-refractivity contribution in [3.05, 3.63) is 0 Å². The summed E-state index contributed by atoms with van der Waals surface area (Å²) in [5.74, 6) is 0.278. The highest BCUT2D eigenvalue weighted by atomic mass is 16.7. The van der Waals surface area contributed by atoms with Gasteiger partial charge in [-0.1, -0.05) is 20.8 Å². The summed E-state index contributed by atoms with van der Waals surface area (Å²) in [6.07, 6.45) is 1.73. The van der Waals surface area contributed by atoms with Crippen molar-refractivity contribution in [1.82, 2.24) is 5.48 Å². The number of hydroxylamine groups is 1. The Morgan fingerprint density at radius 1 is 1.33 bits per heavy atom. The van der Waals surface area contributed by atoms with E-state index in [2.05, 4.69) is 26.3 Å². The van der Waals surface area contributed by atoms with Gasteiger partial charge >= 0.3 is 0 Å². The molecule has 1 fully saturated rings. The van der Waals surface area contributed by atoms with Crippen molar-refractivity contribution in [1.29, 1.82) is 0 Å². The van der Waals surface area contributed by atoms with E-state index in [1.165, 1.54) is 0 Å². The van der Waals surface area contributed by atoms with E-state index in [-0.39, 0.29) is 28.9 Å². The van der Waals surface area contributed by atoms with Crippen LogP contribution in [-0.2, 0) is 9.63 Å². The average molecular weight is 256 g/mol. The molecular formula is C14H28N2O2. The van der Waals surface area contributed by atoms with Crippen LogP contribution in [0, 0.1) is 17.3 Å². The molecule has 0 aliphatic heterocycles. The second-order valence-electron chi connectivity index (χ2n) is 7.08. The first-order valence-electron chi connectivity index (χ1n) is 6.79. The quantitative estimate of drug-likeness (QED) is 0.745. The van der Waals surface area contributed by atoms with Gasteiger partial charge in [-0.3, -0.25) is 9.63 Å². The number of hydrogen-bond acceptors (Lipinski definition) is 3. The summed E-state index contributed by atoms with van der Waals surface area (Å²) in [7, 11) is 0. The molecule has 0 aromatic heterocycles. The van der Waals surface area contributed by atoms with E-state index in [1.54, 1.807) is 0 Å². The smallest absolute Gasteiger partial charge is 0.247 e. The lowest BCUT2D eigenvalue weighted by molar-refractivity contribution is -0.156. The van der Waals surface area contributed by atoms with Gasteiger partial charge in [-0.05, 0) is 44.9 Å². The van der Waals surface area contributed by atoms with Crippen LogP contribution in [0.4, 0.5) is 0 Å². The van der Waals surface area contributed by atoms with Crippen LogP contribution in [0.1, 0.15) is 54.4 Å². The number of hydrogen-bond donors (Lipinski definition) is 2. The molecule has 18 heavy (non-hydrogen) atoms. The van der Waals surface area contributed by atoms with Crippen LogP contribution in [0.15, 0.2) is 0 Å². The van der Waals surface area contributed by atoms with Gasteiger partial charge in [0.1, 0.15) is 0 Å². The van der Waals surface area contributed by atoms with Crippen LogP contribution in [0.3, 0.4) is 0 Å². The van der Waals surface area contributed by atoms with E-state index in [0.29, 0.717) is 5.92 Å². The van der Waals surface area contributed by atoms with E-state index in [1.807, 2.05) is 20.8 Å². The van der Waals surface area contributed by atoms with Gasteiger partial charge in [0.05, 0.1) is 5.60 Å². The zero-order valence-corrected chi connectivity index (χ0v) is 12.5. The van der Waals surface area contributed by atoms with Gasteiger partial charge in [-0.25, -0.2) is 5.48 Å². The molecule has 4 heteroatoms. The molecule has 1 saturated carbocycles. The molecule has 1 rings (SSSR count). The Morgan fingerprint density at radius 2 is 1.89 bits per heavy atom. The van der Waals surface area contributed by atoms with Crippen molar-refractivity contribution in [2.75, 3.05) is 0 Å². The molecule has 3 atom stereocenters. The molecule has 0 bridgehead atoms. The third kappa shape index (κ3) is 3.45. The second kappa shape index (κ2) is 5.17.